The molecule has 22 heavy (non-hydrogen) atoms. The van der Waals surface area contributed by atoms with Crippen LogP contribution in [0, 0.1) is 5.82 Å². The Hall–Kier alpha value is -2.15. The van der Waals surface area contributed by atoms with E-state index in [1.807, 2.05) is 12.1 Å². The summed E-state index contributed by atoms with van der Waals surface area (Å²) in [6.07, 6.45) is 3.92. The van der Waals surface area contributed by atoms with Crippen LogP contribution in [0.1, 0.15) is 24.6 Å². The highest BCUT2D eigenvalue weighted by Crippen LogP contribution is 2.41. The van der Waals surface area contributed by atoms with Crippen LogP contribution < -0.4 is 0 Å². The van der Waals surface area contributed by atoms with Crippen molar-refractivity contribution in [2.45, 2.75) is 29.8 Å². The number of benzene rings is 1. The fourth-order valence-corrected chi connectivity index (χ4v) is 3.29. The molecule has 0 radical (unpaired) electrons. The molecule has 0 amide bonds. The highest BCUT2D eigenvalue weighted by molar-refractivity contribution is 7.98. The van der Waals surface area contributed by atoms with Crippen LogP contribution >= 0.6 is 11.8 Å². The molecule has 0 atom stereocenters. The maximum Gasteiger partial charge on any atom is 0.192 e. The lowest BCUT2D eigenvalue weighted by atomic mass is 10.2. The van der Waals surface area contributed by atoms with Crippen molar-refractivity contribution in [1.82, 2.24) is 25.0 Å². The van der Waals surface area contributed by atoms with Crippen LogP contribution in [0.2, 0.25) is 0 Å². The lowest BCUT2D eigenvalue weighted by Gasteiger charge is -2.09. The number of aromatic nitrogens is 5. The first-order valence-corrected chi connectivity index (χ1v) is 8.12. The molecule has 2 aromatic heterocycles. The summed E-state index contributed by atoms with van der Waals surface area (Å²) in [5.41, 5.74) is 1.54. The van der Waals surface area contributed by atoms with E-state index in [4.69, 9.17) is 0 Å². The minimum Gasteiger partial charge on any atom is -0.299 e. The second-order valence-corrected chi connectivity index (χ2v) is 6.20. The number of aromatic amines is 1. The molecule has 5 nitrogen and oxygen atoms in total. The van der Waals surface area contributed by atoms with Gasteiger partial charge in [0.05, 0.1) is 5.56 Å². The number of nitrogens with one attached hydrogen (secondary N) is 1. The van der Waals surface area contributed by atoms with Crippen molar-refractivity contribution in [3.8, 4) is 11.4 Å². The second-order valence-electron chi connectivity index (χ2n) is 5.26. The zero-order valence-corrected chi connectivity index (χ0v) is 12.6. The number of H-pyrrole nitrogens is 1. The highest BCUT2D eigenvalue weighted by Gasteiger charge is 2.30. The zero-order chi connectivity index (χ0) is 14.9. The van der Waals surface area contributed by atoms with E-state index in [2.05, 4.69) is 25.0 Å². The van der Waals surface area contributed by atoms with Gasteiger partial charge in [0.25, 0.3) is 0 Å². The maximum atomic E-state index is 14.1. The molecule has 0 spiro atoms. The van der Waals surface area contributed by atoms with Crippen molar-refractivity contribution in [2.24, 2.45) is 0 Å². The minimum atomic E-state index is -0.262. The molecule has 0 bridgehead atoms. The number of halogens is 1. The molecular weight excluding hydrogens is 301 g/mol. The second kappa shape index (κ2) is 5.57. The predicted octanol–water partition coefficient (Wildman–Crippen LogP) is 3.43. The molecule has 1 saturated carbocycles. The number of hydrogen-bond donors (Lipinski definition) is 1. The molecule has 0 saturated heterocycles. The van der Waals surface area contributed by atoms with Gasteiger partial charge in [-0.3, -0.25) is 9.67 Å². The van der Waals surface area contributed by atoms with Gasteiger partial charge in [-0.25, -0.2) is 4.39 Å². The summed E-state index contributed by atoms with van der Waals surface area (Å²) >= 11 is 1.59. The van der Waals surface area contributed by atoms with Gasteiger partial charge in [0, 0.05) is 23.7 Å². The van der Waals surface area contributed by atoms with E-state index >= 15 is 0 Å². The Bertz CT molecular complexity index is 779. The van der Waals surface area contributed by atoms with E-state index in [0.717, 1.165) is 29.4 Å². The van der Waals surface area contributed by atoms with Gasteiger partial charge in [-0.1, -0.05) is 23.9 Å². The summed E-state index contributed by atoms with van der Waals surface area (Å²) in [5.74, 6) is 1.09. The Balaban J connectivity index is 1.67. The smallest absolute Gasteiger partial charge is 0.192 e. The standard InChI is InChI=1S/C15H14FN5S/c16-13-4-2-1-3-12(13)14-19-20-15(21(14)11-5-6-11)22-9-10-7-8-17-18-10/h1-4,7-8,11H,5-6,9H2,(H,17,18). The molecule has 112 valence electrons. The summed E-state index contributed by atoms with van der Waals surface area (Å²) in [7, 11) is 0. The SMILES string of the molecule is Fc1ccccc1-c1nnc(SCc2ccn[nH]2)n1C1CC1. The Labute approximate surface area is 131 Å². The molecule has 1 aromatic carbocycles. The van der Waals surface area contributed by atoms with Crippen LogP contribution in [-0.4, -0.2) is 25.0 Å². The lowest BCUT2D eigenvalue weighted by molar-refractivity contribution is 0.622. The number of hydrogen-bond acceptors (Lipinski definition) is 4. The fraction of sp³-hybridized carbons (Fsp3) is 0.267. The van der Waals surface area contributed by atoms with Gasteiger partial charge in [0.2, 0.25) is 0 Å². The van der Waals surface area contributed by atoms with Crippen LogP contribution in [0.15, 0.2) is 41.7 Å². The van der Waals surface area contributed by atoms with E-state index in [-0.39, 0.29) is 5.82 Å². The third-order valence-electron chi connectivity index (χ3n) is 3.61. The molecule has 0 unspecified atom stereocenters. The van der Waals surface area contributed by atoms with Crippen LogP contribution in [-0.2, 0) is 5.75 Å². The van der Waals surface area contributed by atoms with Crippen LogP contribution in [0.5, 0.6) is 0 Å². The summed E-state index contributed by atoms with van der Waals surface area (Å²) < 4.78 is 16.1. The monoisotopic (exact) mass is 315 g/mol. The van der Waals surface area contributed by atoms with Crippen molar-refractivity contribution in [2.75, 3.05) is 0 Å². The van der Waals surface area contributed by atoms with Gasteiger partial charge < -0.3 is 0 Å². The number of thioether (sulfide) groups is 1. The van der Waals surface area contributed by atoms with Crippen molar-refractivity contribution in [1.29, 1.82) is 0 Å². The molecule has 4 rings (SSSR count). The Morgan fingerprint density at radius 1 is 1.23 bits per heavy atom. The molecule has 3 aromatic rings. The van der Waals surface area contributed by atoms with Gasteiger partial charge in [-0.2, -0.15) is 5.10 Å². The summed E-state index contributed by atoms with van der Waals surface area (Å²) in [6, 6.07) is 9.03. The quantitative estimate of drug-likeness (QED) is 0.733. The highest BCUT2D eigenvalue weighted by atomic mass is 32.2. The molecule has 1 aliphatic rings. The summed E-state index contributed by atoms with van der Waals surface area (Å²) in [5, 5.41) is 16.2. The third kappa shape index (κ3) is 2.52. The first kappa shape index (κ1) is 13.5. The van der Waals surface area contributed by atoms with Gasteiger partial charge in [-0.15, -0.1) is 10.2 Å². The van der Waals surface area contributed by atoms with E-state index in [0.29, 0.717) is 17.4 Å². The first-order chi connectivity index (χ1) is 10.8. The van der Waals surface area contributed by atoms with Gasteiger partial charge >= 0.3 is 0 Å². The molecule has 1 N–H and O–H groups in total. The number of nitrogens with zero attached hydrogens (tertiary/aromatic N) is 4. The summed E-state index contributed by atoms with van der Waals surface area (Å²) in [6.45, 7) is 0. The third-order valence-corrected chi connectivity index (χ3v) is 4.60. The van der Waals surface area contributed by atoms with Crippen molar-refractivity contribution in [3.63, 3.8) is 0 Å². The zero-order valence-electron chi connectivity index (χ0n) is 11.7. The van der Waals surface area contributed by atoms with E-state index < -0.39 is 0 Å². The van der Waals surface area contributed by atoms with Gasteiger partial charge in [-0.05, 0) is 31.0 Å². The first-order valence-electron chi connectivity index (χ1n) is 7.14. The van der Waals surface area contributed by atoms with Gasteiger partial charge in [0.1, 0.15) is 5.82 Å². The van der Waals surface area contributed by atoms with Gasteiger partial charge in [0.15, 0.2) is 11.0 Å². The normalized spacial score (nSPS) is 14.4. The average molecular weight is 315 g/mol. The lowest BCUT2D eigenvalue weighted by Crippen LogP contribution is -2.01. The van der Waals surface area contributed by atoms with Crippen molar-refractivity contribution in [3.05, 3.63) is 48.0 Å². The minimum absolute atomic E-state index is 0.262. The van der Waals surface area contributed by atoms with E-state index in [1.165, 1.54) is 6.07 Å². The maximum absolute atomic E-state index is 14.1. The molecule has 0 aliphatic heterocycles. The fourth-order valence-electron chi connectivity index (χ4n) is 2.37. The van der Waals surface area contributed by atoms with Crippen molar-refractivity contribution >= 4 is 11.8 Å². The van der Waals surface area contributed by atoms with Crippen molar-refractivity contribution < 1.29 is 4.39 Å². The molecule has 7 heteroatoms. The predicted molar refractivity (Wildman–Crippen MR) is 81.8 cm³/mol. The summed E-state index contributed by atoms with van der Waals surface area (Å²) in [4.78, 5) is 0. The molecule has 1 aliphatic carbocycles. The Morgan fingerprint density at radius 3 is 2.82 bits per heavy atom. The molecule has 2 heterocycles. The van der Waals surface area contributed by atoms with Crippen LogP contribution in [0.3, 0.4) is 0 Å². The van der Waals surface area contributed by atoms with E-state index in [1.54, 1.807) is 30.1 Å². The average Bonchev–Trinajstić information content (AvgIpc) is 3.08. The molecule has 1 fully saturated rings. The van der Waals surface area contributed by atoms with Crippen LogP contribution in [0.25, 0.3) is 11.4 Å². The molecular formula is C15H14FN5S. The largest absolute Gasteiger partial charge is 0.299 e. The topological polar surface area (TPSA) is 59.4 Å². The Kier molecular flexibility index (Phi) is 3.42. The Morgan fingerprint density at radius 2 is 2.09 bits per heavy atom. The number of rotatable bonds is 5. The van der Waals surface area contributed by atoms with E-state index in [9.17, 15) is 4.39 Å². The van der Waals surface area contributed by atoms with Crippen LogP contribution in [0.4, 0.5) is 4.39 Å².